The first kappa shape index (κ1) is 35.5. The largest absolute Gasteiger partial charge is 0.135 e. The minimum atomic E-state index is -0.207. The molecule has 0 amide bonds. The fourth-order valence-electron chi connectivity index (χ4n) is 11.6. The Hall–Kier alpha value is -7.10. The van der Waals surface area contributed by atoms with Gasteiger partial charge in [0, 0.05) is 45.8 Å². The van der Waals surface area contributed by atoms with Gasteiger partial charge in [0.25, 0.3) is 0 Å². The van der Waals surface area contributed by atoms with Crippen molar-refractivity contribution in [3.8, 4) is 44.5 Å². The summed E-state index contributed by atoms with van der Waals surface area (Å²) in [5.41, 5.74) is 13.0. The summed E-state index contributed by atoms with van der Waals surface area (Å²) in [5, 5.41) is 15.8. The highest BCUT2D eigenvalue weighted by atomic mass is 32.1. The third-order valence-corrected chi connectivity index (χ3v) is 16.5. The van der Waals surface area contributed by atoms with Crippen LogP contribution in [0.4, 0.5) is 0 Å². The van der Waals surface area contributed by atoms with Gasteiger partial charge < -0.3 is 0 Å². The van der Waals surface area contributed by atoms with Crippen LogP contribution >= 0.6 is 22.7 Å². The van der Waals surface area contributed by atoms with Gasteiger partial charge in [0.05, 0.1) is 0 Å². The number of thiophene rings is 2. The third kappa shape index (κ3) is 4.85. The molecule has 0 saturated carbocycles. The second-order valence-corrected chi connectivity index (χ2v) is 20.0. The molecule has 0 spiro atoms. The Balaban J connectivity index is 0.991. The molecule has 0 nitrogen and oxygen atoms in total. The Kier molecular flexibility index (Phi) is 7.31. The van der Waals surface area contributed by atoms with Crippen LogP contribution in [0.3, 0.4) is 0 Å². The third-order valence-electron chi connectivity index (χ3n) is 14.2. The molecule has 0 aliphatic heterocycles. The molecule has 294 valence electrons. The summed E-state index contributed by atoms with van der Waals surface area (Å²) in [4.78, 5) is 0. The molecule has 1 aliphatic rings. The first-order valence-electron chi connectivity index (χ1n) is 21.9. The van der Waals surface area contributed by atoms with E-state index in [4.69, 9.17) is 0 Å². The van der Waals surface area contributed by atoms with Crippen LogP contribution in [0.1, 0.15) is 25.0 Å². The van der Waals surface area contributed by atoms with Crippen LogP contribution < -0.4 is 0 Å². The molecule has 63 heavy (non-hydrogen) atoms. The van der Waals surface area contributed by atoms with E-state index in [0.717, 1.165) is 0 Å². The summed E-state index contributed by atoms with van der Waals surface area (Å²) < 4.78 is 5.46. The fraction of sp³-hybridized carbons (Fsp3) is 0.0492. The van der Waals surface area contributed by atoms with Gasteiger partial charge in [-0.3, -0.25) is 0 Å². The molecule has 14 rings (SSSR count). The maximum atomic E-state index is 2.51. The van der Waals surface area contributed by atoms with Crippen LogP contribution in [0.5, 0.6) is 0 Å². The molecule has 0 fully saturated rings. The minimum absolute atomic E-state index is 0.207. The Bertz CT molecular complexity index is 4060. The zero-order valence-electron chi connectivity index (χ0n) is 34.8. The summed E-state index contributed by atoms with van der Waals surface area (Å²) in [6, 6.07) is 73.2. The standard InChI is InChI=1S/C61H38S2/c1-61(2)51-31-29-36(55-42-21-7-9-23-44(42)56(45-24-10-8-22-43(45)55)40-25-13-16-35-15-3-4-17-37(35)40)33-50(51)47-27-14-26-46(59(47)61)49-34-54-57(41-20-6-5-18-38(41)49)58-53(62-54)32-30-48-39-19-11-12-28-52(39)63-60(48)58/h3-34H,1-2H3. The van der Waals surface area contributed by atoms with Gasteiger partial charge >= 0.3 is 0 Å². The van der Waals surface area contributed by atoms with Crippen LogP contribution in [0.2, 0.25) is 0 Å². The summed E-state index contributed by atoms with van der Waals surface area (Å²) in [5.74, 6) is 0. The summed E-state index contributed by atoms with van der Waals surface area (Å²) >= 11 is 3.87. The zero-order chi connectivity index (χ0) is 41.6. The Morgan fingerprint density at radius 1 is 0.333 bits per heavy atom. The monoisotopic (exact) mass is 834 g/mol. The molecule has 2 heteroatoms. The smallest absolute Gasteiger partial charge is 0.0448 e. The second-order valence-electron chi connectivity index (χ2n) is 17.8. The first-order valence-corrected chi connectivity index (χ1v) is 23.6. The van der Waals surface area contributed by atoms with E-state index in [-0.39, 0.29) is 5.41 Å². The van der Waals surface area contributed by atoms with Gasteiger partial charge in [0.15, 0.2) is 0 Å². The van der Waals surface area contributed by atoms with Crippen molar-refractivity contribution in [1.29, 1.82) is 0 Å². The lowest BCUT2D eigenvalue weighted by Gasteiger charge is -2.25. The predicted octanol–water partition coefficient (Wildman–Crippen LogP) is 18.3. The van der Waals surface area contributed by atoms with Crippen LogP contribution in [0.25, 0.3) is 128 Å². The maximum absolute atomic E-state index is 2.51. The lowest BCUT2D eigenvalue weighted by molar-refractivity contribution is 0.662. The van der Waals surface area contributed by atoms with Crippen LogP contribution in [-0.2, 0) is 5.41 Å². The molecular formula is C61H38S2. The van der Waals surface area contributed by atoms with Gasteiger partial charge in [0.1, 0.15) is 0 Å². The lowest BCUT2D eigenvalue weighted by atomic mass is 9.78. The van der Waals surface area contributed by atoms with Crippen LogP contribution in [0, 0.1) is 0 Å². The van der Waals surface area contributed by atoms with E-state index in [2.05, 4.69) is 208 Å². The van der Waals surface area contributed by atoms with Crippen molar-refractivity contribution in [3.63, 3.8) is 0 Å². The topological polar surface area (TPSA) is 0 Å². The van der Waals surface area contributed by atoms with E-state index >= 15 is 0 Å². The zero-order valence-corrected chi connectivity index (χ0v) is 36.4. The molecule has 0 radical (unpaired) electrons. The molecular weight excluding hydrogens is 797 g/mol. The van der Waals surface area contributed by atoms with Gasteiger partial charge in [-0.2, -0.15) is 0 Å². The van der Waals surface area contributed by atoms with Crippen LogP contribution in [0.15, 0.2) is 194 Å². The Morgan fingerprint density at radius 2 is 0.921 bits per heavy atom. The molecule has 0 unspecified atom stereocenters. The molecule has 0 atom stereocenters. The van der Waals surface area contributed by atoms with Gasteiger partial charge in [-0.15, -0.1) is 22.7 Å². The highest BCUT2D eigenvalue weighted by molar-refractivity contribution is 7.30. The molecule has 0 saturated heterocycles. The molecule has 0 N–H and O–H groups in total. The summed E-state index contributed by atoms with van der Waals surface area (Å²) in [7, 11) is 0. The molecule has 2 heterocycles. The number of hydrogen-bond donors (Lipinski definition) is 0. The molecule has 0 bridgehead atoms. The van der Waals surface area contributed by atoms with Crippen molar-refractivity contribution >= 4 is 106 Å². The second kappa shape index (κ2) is 13.0. The van der Waals surface area contributed by atoms with Gasteiger partial charge in [0.2, 0.25) is 0 Å². The van der Waals surface area contributed by atoms with Crippen molar-refractivity contribution in [2.75, 3.05) is 0 Å². The Morgan fingerprint density at radius 3 is 1.68 bits per heavy atom. The maximum Gasteiger partial charge on any atom is 0.0448 e. The van der Waals surface area contributed by atoms with E-state index in [1.165, 1.54) is 139 Å². The molecule has 2 aromatic heterocycles. The van der Waals surface area contributed by atoms with E-state index in [1.54, 1.807) is 0 Å². The average molecular weight is 835 g/mol. The highest BCUT2D eigenvalue weighted by Gasteiger charge is 2.38. The number of rotatable bonds is 3. The van der Waals surface area contributed by atoms with Gasteiger partial charge in [-0.25, -0.2) is 0 Å². The van der Waals surface area contributed by atoms with Crippen molar-refractivity contribution in [1.82, 2.24) is 0 Å². The van der Waals surface area contributed by atoms with E-state index < -0.39 is 0 Å². The lowest BCUT2D eigenvalue weighted by Crippen LogP contribution is -2.16. The molecule has 13 aromatic rings. The normalized spacial score (nSPS) is 13.4. The van der Waals surface area contributed by atoms with Crippen molar-refractivity contribution < 1.29 is 0 Å². The average Bonchev–Trinajstić information content (AvgIpc) is 3.98. The van der Waals surface area contributed by atoms with Crippen molar-refractivity contribution in [2.24, 2.45) is 0 Å². The van der Waals surface area contributed by atoms with Gasteiger partial charge in [-0.1, -0.05) is 184 Å². The van der Waals surface area contributed by atoms with E-state index in [0.29, 0.717) is 0 Å². The molecule has 11 aromatic carbocycles. The predicted molar refractivity (Wildman–Crippen MR) is 276 cm³/mol. The van der Waals surface area contributed by atoms with Gasteiger partial charge in [-0.05, 0) is 123 Å². The van der Waals surface area contributed by atoms with Crippen LogP contribution in [-0.4, -0.2) is 0 Å². The van der Waals surface area contributed by atoms with Crippen molar-refractivity contribution in [2.45, 2.75) is 19.3 Å². The number of benzene rings is 11. The summed E-state index contributed by atoms with van der Waals surface area (Å²) in [6.07, 6.45) is 0. The quantitative estimate of drug-likeness (QED) is 0.156. The highest BCUT2D eigenvalue weighted by Crippen LogP contribution is 2.56. The first-order chi connectivity index (χ1) is 31.0. The summed E-state index contributed by atoms with van der Waals surface area (Å²) in [6.45, 7) is 4.87. The fourth-order valence-corrected chi connectivity index (χ4v) is 14.1. The SMILES string of the molecule is CC1(C)c2ccc(-c3c4ccccc4c(-c4cccc5ccccc45)c4ccccc34)cc2-c2cccc(-c3cc4sc5ccc6c7ccccc7sc6c5c4c4ccccc34)c21. The van der Waals surface area contributed by atoms with E-state index in [1.807, 2.05) is 22.7 Å². The van der Waals surface area contributed by atoms with E-state index in [9.17, 15) is 0 Å². The number of hydrogen-bond acceptors (Lipinski definition) is 2. The molecule has 1 aliphatic carbocycles. The van der Waals surface area contributed by atoms with Crippen molar-refractivity contribution in [3.05, 3.63) is 205 Å². The minimum Gasteiger partial charge on any atom is -0.135 e. The number of fused-ring (bicyclic) bond motifs is 15. The Labute approximate surface area is 372 Å².